The van der Waals surface area contributed by atoms with Crippen molar-refractivity contribution in [3.63, 3.8) is 0 Å². The van der Waals surface area contributed by atoms with E-state index in [9.17, 15) is 0 Å². The van der Waals surface area contributed by atoms with Crippen molar-refractivity contribution < 1.29 is 4.74 Å². The first kappa shape index (κ1) is 6.92. The molecule has 0 saturated heterocycles. The Morgan fingerprint density at radius 3 is 2.43 bits per heavy atom. The smallest absolute Gasteiger partial charge is 0.0667 e. The minimum atomic E-state index is 0.338. The van der Waals surface area contributed by atoms with Gasteiger partial charge in [-0.15, -0.1) is 0 Å². The Morgan fingerprint density at radius 1 is 1.71 bits per heavy atom. The van der Waals surface area contributed by atoms with Crippen molar-refractivity contribution in [1.29, 1.82) is 0 Å². The number of likely N-dealkylation sites (N-methyl/N-ethyl adjacent to an activating group) is 1. The van der Waals surface area contributed by atoms with E-state index in [4.69, 9.17) is 4.74 Å². The zero-order valence-electron chi connectivity index (χ0n) is 5.19. The molecular weight excluding hydrogens is 90.1 g/mol. The molecule has 1 unspecified atom stereocenters. The van der Waals surface area contributed by atoms with E-state index in [0.29, 0.717) is 6.10 Å². The van der Waals surface area contributed by atoms with Gasteiger partial charge in [0.25, 0.3) is 0 Å². The standard InChI is InChI=1S/C5H13NO/c1-5(7-3)4-6-2/h5-6H,4H2,1-3H3. The second-order valence-electron chi connectivity index (χ2n) is 1.60. The molecular formula is C5H13NO. The highest BCUT2D eigenvalue weighted by molar-refractivity contribution is 4.48. The van der Waals surface area contributed by atoms with Gasteiger partial charge in [0.05, 0.1) is 6.10 Å². The molecule has 0 rings (SSSR count). The van der Waals surface area contributed by atoms with Crippen molar-refractivity contribution in [2.24, 2.45) is 0 Å². The molecule has 2 nitrogen and oxygen atoms in total. The van der Waals surface area contributed by atoms with Crippen molar-refractivity contribution in [2.75, 3.05) is 20.7 Å². The summed E-state index contributed by atoms with van der Waals surface area (Å²) in [6.07, 6.45) is 0.338. The Hall–Kier alpha value is -0.0800. The monoisotopic (exact) mass is 103 g/mol. The molecule has 2 heteroatoms. The van der Waals surface area contributed by atoms with Gasteiger partial charge in [0.15, 0.2) is 0 Å². The van der Waals surface area contributed by atoms with Crippen molar-refractivity contribution in [2.45, 2.75) is 13.0 Å². The van der Waals surface area contributed by atoms with Crippen molar-refractivity contribution in [1.82, 2.24) is 5.32 Å². The van der Waals surface area contributed by atoms with Crippen molar-refractivity contribution in [3.05, 3.63) is 0 Å². The predicted molar refractivity (Wildman–Crippen MR) is 30.4 cm³/mol. The Balaban J connectivity index is 2.83. The predicted octanol–water partition coefficient (Wildman–Crippen LogP) is 0.241. The molecule has 0 amide bonds. The first-order valence-electron chi connectivity index (χ1n) is 2.48. The largest absolute Gasteiger partial charge is 0.380 e. The van der Waals surface area contributed by atoms with Crippen LogP contribution in [-0.2, 0) is 4.74 Å². The van der Waals surface area contributed by atoms with E-state index in [1.54, 1.807) is 7.11 Å². The van der Waals surface area contributed by atoms with Crippen LogP contribution in [0.2, 0.25) is 0 Å². The van der Waals surface area contributed by atoms with Gasteiger partial charge in [0.2, 0.25) is 0 Å². The van der Waals surface area contributed by atoms with Gasteiger partial charge in [0.1, 0.15) is 0 Å². The van der Waals surface area contributed by atoms with Gasteiger partial charge >= 0.3 is 0 Å². The molecule has 0 aromatic rings. The van der Waals surface area contributed by atoms with Crippen LogP contribution in [0, 0.1) is 0 Å². The fourth-order valence-corrected chi connectivity index (χ4v) is 0.371. The van der Waals surface area contributed by atoms with Crippen LogP contribution in [0.5, 0.6) is 0 Å². The highest BCUT2D eigenvalue weighted by atomic mass is 16.5. The molecule has 0 spiro atoms. The maximum absolute atomic E-state index is 4.93. The van der Waals surface area contributed by atoms with Crippen LogP contribution >= 0.6 is 0 Å². The summed E-state index contributed by atoms with van der Waals surface area (Å²) in [5, 5.41) is 2.99. The third-order valence-corrected chi connectivity index (χ3v) is 0.894. The topological polar surface area (TPSA) is 21.3 Å². The quantitative estimate of drug-likeness (QED) is 0.552. The average molecular weight is 103 g/mol. The van der Waals surface area contributed by atoms with Crippen molar-refractivity contribution in [3.8, 4) is 0 Å². The molecule has 0 saturated carbocycles. The van der Waals surface area contributed by atoms with Gasteiger partial charge < -0.3 is 10.1 Å². The lowest BCUT2D eigenvalue weighted by Gasteiger charge is -2.05. The molecule has 0 fully saturated rings. The molecule has 0 aromatic carbocycles. The lowest BCUT2D eigenvalue weighted by molar-refractivity contribution is 0.119. The SMILES string of the molecule is CNCC(C)OC. The Bertz CT molecular complexity index is 39.1. The van der Waals surface area contributed by atoms with Gasteiger partial charge in [-0.3, -0.25) is 0 Å². The molecule has 0 aliphatic carbocycles. The first-order valence-corrected chi connectivity index (χ1v) is 2.48. The van der Waals surface area contributed by atoms with E-state index in [-0.39, 0.29) is 0 Å². The zero-order chi connectivity index (χ0) is 5.70. The number of rotatable bonds is 3. The summed E-state index contributed by atoms with van der Waals surface area (Å²) in [5.74, 6) is 0. The fraction of sp³-hybridized carbons (Fsp3) is 1.00. The summed E-state index contributed by atoms with van der Waals surface area (Å²) < 4.78 is 4.93. The molecule has 0 radical (unpaired) electrons. The third-order valence-electron chi connectivity index (χ3n) is 0.894. The summed E-state index contributed by atoms with van der Waals surface area (Å²) in [6.45, 7) is 2.95. The van der Waals surface area contributed by atoms with Crippen LogP contribution in [0.4, 0.5) is 0 Å². The third kappa shape index (κ3) is 3.76. The van der Waals surface area contributed by atoms with Crippen LogP contribution < -0.4 is 5.32 Å². The number of hydrogen-bond donors (Lipinski definition) is 1. The summed E-state index contributed by atoms with van der Waals surface area (Å²) in [7, 11) is 3.62. The van der Waals surface area contributed by atoms with E-state index >= 15 is 0 Å². The molecule has 7 heavy (non-hydrogen) atoms. The van der Waals surface area contributed by atoms with Crippen LogP contribution in [0.15, 0.2) is 0 Å². The molecule has 0 aliphatic rings. The number of ether oxygens (including phenoxy) is 1. The van der Waals surface area contributed by atoms with Crippen LogP contribution in [0.1, 0.15) is 6.92 Å². The van der Waals surface area contributed by atoms with E-state index in [2.05, 4.69) is 5.32 Å². The zero-order valence-corrected chi connectivity index (χ0v) is 5.19. The second-order valence-corrected chi connectivity index (χ2v) is 1.60. The molecule has 0 heterocycles. The molecule has 0 aliphatic heterocycles. The van der Waals surface area contributed by atoms with Crippen LogP contribution in [-0.4, -0.2) is 26.8 Å². The summed E-state index contributed by atoms with van der Waals surface area (Å²) in [4.78, 5) is 0. The van der Waals surface area contributed by atoms with E-state index in [0.717, 1.165) is 6.54 Å². The van der Waals surface area contributed by atoms with Crippen LogP contribution in [0.3, 0.4) is 0 Å². The second kappa shape index (κ2) is 4.09. The summed E-state index contributed by atoms with van der Waals surface area (Å²) in [6, 6.07) is 0. The minimum Gasteiger partial charge on any atom is -0.380 e. The van der Waals surface area contributed by atoms with Gasteiger partial charge in [-0.2, -0.15) is 0 Å². The van der Waals surface area contributed by atoms with E-state index in [1.165, 1.54) is 0 Å². The summed E-state index contributed by atoms with van der Waals surface area (Å²) in [5.41, 5.74) is 0. The number of hydrogen-bond acceptors (Lipinski definition) is 2. The molecule has 1 N–H and O–H groups in total. The highest BCUT2D eigenvalue weighted by Gasteiger charge is 1.92. The van der Waals surface area contributed by atoms with E-state index < -0.39 is 0 Å². The van der Waals surface area contributed by atoms with Gasteiger partial charge in [-0.25, -0.2) is 0 Å². The minimum absolute atomic E-state index is 0.338. The Labute approximate surface area is 44.9 Å². The van der Waals surface area contributed by atoms with Crippen LogP contribution in [0.25, 0.3) is 0 Å². The molecule has 1 atom stereocenters. The fourth-order valence-electron chi connectivity index (χ4n) is 0.371. The highest BCUT2D eigenvalue weighted by Crippen LogP contribution is 1.80. The Kier molecular flexibility index (Phi) is 4.04. The molecule has 0 aromatic heterocycles. The van der Waals surface area contributed by atoms with Gasteiger partial charge in [-0.05, 0) is 14.0 Å². The van der Waals surface area contributed by atoms with Gasteiger partial charge in [0, 0.05) is 13.7 Å². The first-order chi connectivity index (χ1) is 3.31. The van der Waals surface area contributed by atoms with E-state index in [1.807, 2.05) is 14.0 Å². The average Bonchev–Trinajstić information content (AvgIpc) is 1.68. The molecule has 0 bridgehead atoms. The maximum Gasteiger partial charge on any atom is 0.0667 e. The van der Waals surface area contributed by atoms with Gasteiger partial charge in [-0.1, -0.05) is 0 Å². The Morgan fingerprint density at radius 2 is 2.29 bits per heavy atom. The lowest BCUT2D eigenvalue weighted by atomic mass is 10.4. The normalized spacial score (nSPS) is 14.1. The lowest BCUT2D eigenvalue weighted by Crippen LogP contribution is -2.21. The summed E-state index contributed by atoms with van der Waals surface area (Å²) >= 11 is 0. The number of methoxy groups -OCH3 is 1. The van der Waals surface area contributed by atoms with Crippen molar-refractivity contribution >= 4 is 0 Å². The molecule has 44 valence electrons. The maximum atomic E-state index is 4.93. The number of nitrogens with one attached hydrogen (secondary N) is 1.